The van der Waals surface area contributed by atoms with Crippen LogP contribution in [-0.4, -0.2) is 11.8 Å². The van der Waals surface area contributed by atoms with Crippen molar-refractivity contribution < 1.29 is 9.59 Å². The molecule has 4 atom stereocenters. The van der Waals surface area contributed by atoms with Crippen molar-refractivity contribution in [3.05, 3.63) is 42.5 Å². The van der Waals surface area contributed by atoms with Crippen molar-refractivity contribution in [2.45, 2.75) is 33.6 Å². The van der Waals surface area contributed by atoms with Crippen LogP contribution >= 0.6 is 0 Å². The molecular formula is C20H23NO2. The number of rotatable bonds is 2. The first kappa shape index (κ1) is 14.7. The minimum atomic E-state index is -0.212. The molecule has 0 aromatic heterocycles. The molecule has 1 saturated carbocycles. The Kier molecular flexibility index (Phi) is 2.91. The number of anilines is 1. The summed E-state index contributed by atoms with van der Waals surface area (Å²) >= 11 is 0. The molecule has 120 valence electrons. The first-order valence-corrected chi connectivity index (χ1v) is 8.54. The van der Waals surface area contributed by atoms with Crippen molar-refractivity contribution in [3.8, 4) is 0 Å². The molecule has 2 fully saturated rings. The van der Waals surface area contributed by atoms with Crippen LogP contribution in [-0.2, 0) is 9.59 Å². The molecule has 3 aliphatic carbocycles. The van der Waals surface area contributed by atoms with Crippen molar-refractivity contribution >= 4 is 17.5 Å². The van der Waals surface area contributed by atoms with E-state index in [1.54, 1.807) is 0 Å². The summed E-state index contributed by atoms with van der Waals surface area (Å²) in [6, 6.07) is 9.37. The number of carbonyl (C=O) groups excluding carboxylic acids is 2. The fourth-order valence-electron chi connectivity index (χ4n) is 5.06. The Balaban J connectivity index is 1.86. The van der Waals surface area contributed by atoms with E-state index in [1.807, 2.05) is 30.3 Å². The molecule has 0 radical (unpaired) electrons. The van der Waals surface area contributed by atoms with Gasteiger partial charge in [-0.1, -0.05) is 51.1 Å². The average Bonchev–Trinajstić information content (AvgIpc) is 2.83. The smallest absolute Gasteiger partial charge is 0.238 e. The summed E-state index contributed by atoms with van der Waals surface area (Å²) < 4.78 is 0. The third-order valence-corrected chi connectivity index (χ3v) is 6.56. The van der Waals surface area contributed by atoms with E-state index in [9.17, 15) is 9.59 Å². The zero-order chi connectivity index (χ0) is 16.4. The van der Waals surface area contributed by atoms with Gasteiger partial charge in [0.15, 0.2) is 0 Å². The second-order valence-electron chi connectivity index (χ2n) is 7.91. The summed E-state index contributed by atoms with van der Waals surface area (Å²) in [6.07, 6.45) is 6.46. The first-order chi connectivity index (χ1) is 10.9. The van der Waals surface area contributed by atoms with Gasteiger partial charge in [-0.15, -0.1) is 0 Å². The molecule has 1 heterocycles. The van der Waals surface area contributed by atoms with Gasteiger partial charge in [-0.25, -0.2) is 0 Å². The molecule has 3 heteroatoms. The van der Waals surface area contributed by atoms with Crippen molar-refractivity contribution in [1.82, 2.24) is 0 Å². The standard InChI is InChI=1S/C20H23NO2/c1-13(2)20-11-9-19(3,10-12-20)15-16(20)18(23)21(17(15)22)14-7-5-4-6-8-14/h4-9,11,13,15-16H,10,12H2,1-3H3/t15-,16-,19-,20+/m1/s1. The highest BCUT2D eigenvalue weighted by Gasteiger charge is 2.67. The summed E-state index contributed by atoms with van der Waals surface area (Å²) in [5, 5.41) is 0. The highest BCUT2D eigenvalue weighted by atomic mass is 16.2. The fourth-order valence-corrected chi connectivity index (χ4v) is 5.06. The second kappa shape index (κ2) is 4.56. The van der Waals surface area contributed by atoms with Gasteiger partial charge in [-0.3, -0.25) is 14.5 Å². The third kappa shape index (κ3) is 1.71. The normalized spacial score (nSPS) is 38.5. The maximum absolute atomic E-state index is 13.3. The lowest BCUT2D eigenvalue weighted by molar-refractivity contribution is -0.135. The van der Waals surface area contributed by atoms with E-state index in [2.05, 4.69) is 32.9 Å². The Morgan fingerprint density at radius 2 is 1.65 bits per heavy atom. The number of nitrogens with zero attached hydrogens (tertiary/aromatic N) is 1. The lowest BCUT2D eigenvalue weighted by Crippen LogP contribution is -2.53. The molecule has 0 N–H and O–H groups in total. The van der Waals surface area contributed by atoms with Crippen LogP contribution < -0.4 is 4.90 Å². The molecule has 2 bridgehead atoms. The third-order valence-electron chi connectivity index (χ3n) is 6.56. The SMILES string of the molecule is CC(C)[C@]12C=C[C@](C)(CC1)[C@H]1C(=O)N(c3ccccc3)C(=O)[C@@H]12. The number of hydrogen-bond donors (Lipinski definition) is 0. The zero-order valence-corrected chi connectivity index (χ0v) is 14.0. The van der Waals surface area contributed by atoms with E-state index in [0.29, 0.717) is 11.6 Å². The van der Waals surface area contributed by atoms with Gasteiger partial charge in [-0.05, 0) is 36.3 Å². The van der Waals surface area contributed by atoms with Crippen molar-refractivity contribution in [2.75, 3.05) is 4.90 Å². The van der Waals surface area contributed by atoms with Crippen molar-refractivity contribution in [1.29, 1.82) is 0 Å². The number of fused-ring (bicyclic) bond motifs is 1. The number of allylic oxidation sites excluding steroid dienone is 2. The van der Waals surface area contributed by atoms with Gasteiger partial charge >= 0.3 is 0 Å². The number of hydrogen-bond acceptors (Lipinski definition) is 2. The predicted octanol–water partition coefficient (Wildman–Crippen LogP) is 3.80. The molecule has 1 aliphatic heterocycles. The predicted molar refractivity (Wildman–Crippen MR) is 89.7 cm³/mol. The number of para-hydroxylation sites is 1. The maximum atomic E-state index is 13.3. The van der Waals surface area contributed by atoms with Crippen LogP contribution in [0.2, 0.25) is 0 Å². The summed E-state index contributed by atoms with van der Waals surface area (Å²) in [4.78, 5) is 27.9. The van der Waals surface area contributed by atoms with Gasteiger partial charge in [0.25, 0.3) is 0 Å². The summed E-state index contributed by atoms with van der Waals surface area (Å²) in [5.41, 5.74) is 0.356. The van der Waals surface area contributed by atoms with Crippen LogP contribution in [0.1, 0.15) is 33.6 Å². The van der Waals surface area contributed by atoms with E-state index >= 15 is 0 Å². The van der Waals surface area contributed by atoms with Crippen molar-refractivity contribution in [3.63, 3.8) is 0 Å². The van der Waals surface area contributed by atoms with Crippen LogP contribution in [0, 0.1) is 28.6 Å². The van der Waals surface area contributed by atoms with Gasteiger partial charge in [-0.2, -0.15) is 0 Å². The molecule has 3 nitrogen and oxygen atoms in total. The lowest BCUT2D eigenvalue weighted by Gasteiger charge is -2.55. The minimum Gasteiger partial charge on any atom is -0.274 e. The van der Waals surface area contributed by atoms with E-state index in [0.717, 1.165) is 12.8 Å². The maximum Gasteiger partial charge on any atom is 0.238 e. The molecule has 1 saturated heterocycles. The average molecular weight is 309 g/mol. The molecule has 23 heavy (non-hydrogen) atoms. The van der Waals surface area contributed by atoms with Gasteiger partial charge in [0.2, 0.25) is 11.8 Å². The lowest BCUT2D eigenvalue weighted by atomic mass is 9.46. The Hall–Kier alpha value is -1.90. The van der Waals surface area contributed by atoms with Gasteiger partial charge in [0.1, 0.15) is 0 Å². The minimum absolute atomic E-state index is 0.00447. The van der Waals surface area contributed by atoms with E-state index in [1.165, 1.54) is 4.90 Å². The highest BCUT2D eigenvalue weighted by Crippen LogP contribution is 2.64. The number of carbonyl (C=O) groups is 2. The van der Waals surface area contributed by atoms with Crippen LogP contribution in [0.25, 0.3) is 0 Å². The topological polar surface area (TPSA) is 37.4 Å². The van der Waals surface area contributed by atoms with E-state index < -0.39 is 0 Å². The van der Waals surface area contributed by atoms with Crippen LogP contribution in [0.3, 0.4) is 0 Å². The summed E-state index contributed by atoms with van der Waals surface area (Å²) in [7, 11) is 0. The summed E-state index contributed by atoms with van der Waals surface area (Å²) in [5.74, 6) is -0.0863. The molecule has 4 aliphatic rings. The molecule has 0 unspecified atom stereocenters. The largest absolute Gasteiger partial charge is 0.274 e. The quantitative estimate of drug-likeness (QED) is 0.615. The molecule has 1 aromatic carbocycles. The van der Waals surface area contributed by atoms with Crippen LogP contribution in [0.4, 0.5) is 5.69 Å². The molecule has 1 aromatic rings. The Labute approximate surface area is 137 Å². The van der Waals surface area contributed by atoms with Crippen LogP contribution in [0.15, 0.2) is 42.5 Å². The first-order valence-electron chi connectivity index (χ1n) is 8.54. The van der Waals surface area contributed by atoms with Gasteiger partial charge < -0.3 is 0 Å². The molecule has 0 spiro atoms. The second-order valence-corrected chi connectivity index (χ2v) is 7.91. The zero-order valence-electron chi connectivity index (χ0n) is 14.0. The Morgan fingerprint density at radius 3 is 2.22 bits per heavy atom. The monoisotopic (exact) mass is 309 g/mol. The van der Waals surface area contributed by atoms with Gasteiger partial charge in [0.05, 0.1) is 17.5 Å². The molecule has 5 rings (SSSR count). The molecule has 2 amide bonds. The number of amides is 2. The molecular weight excluding hydrogens is 286 g/mol. The number of benzene rings is 1. The Morgan fingerprint density at radius 1 is 1.00 bits per heavy atom. The fraction of sp³-hybridized carbons (Fsp3) is 0.500. The van der Waals surface area contributed by atoms with E-state index in [4.69, 9.17) is 0 Å². The van der Waals surface area contributed by atoms with Gasteiger partial charge in [0, 0.05) is 5.41 Å². The highest BCUT2D eigenvalue weighted by molar-refractivity contribution is 6.23. The number of imide groups is 1. The van der Waals surface area contributed by atoms with Crippen molar-refractivity contribution in [2.24, 2.45) is 28.6 Å². The van der Waals surface area contributed by atoms with Crippen LogP contribution in [0.5, 0.6) is 0 Å². The van der Waals surface area contributed by atoms with E-state index in [-0.39, 0.29) is 34.5 Å². The Bertz CT molecular complexity index is 708. The summed E-state index contributed by atoms with van der Waals surface area (Å²) in [6.45, 7) is 6.50.